The van der Waals surface area contributed by atoms with E-state index in [1.165, 1.54) is 5.56 Å². The summed E-state index contributed by atoms with van der Waals surface area (Å²) in [4.78, 5) is 16.0. The summed E-state index contributed by atoms with van der Waals surface area (Å²) < 4.78 is 1.89. The van der Waals surface area contributed by atoms with E-state index in [1.807, 2.05) is 18.7 Å². The second-order valence-corrected chi connectivity index (χ2v) is 4.87. The first-order valence-corrected chi connectivity index (χ1v) is 6.72. The van der Waals surface area contributed by atoms with Crippen LogP contribution >= 0.6 is 0 Å². The zero-order chi connectivity index (χ0) is 15.0. The molecule has 0 fully saturated rings. The molecule has 21 heavy (non-hydrogen) atoms. The van der Waals surface area contributed by atoms with Gasteiger partial charge in [0.25, 0.3) is 0 Å². The molecule has 0 saturated carbocycles. The first-order chi connectivity index (χ1) is 10.1. The van der Waals surface area contributed by atoms with Crippen molar-refractivity contribution in [3.63, 3.8) is 0 Å². The molecule has 3 aromatic heterocycles. The molecule has 3 heterocycles. The Morgan fingerprint density at radius 3 is 2.76 bits per heavy atom. The second kappa shape index (κ2) is 5.04. The van der Waals surface area contributed by atoms with Crippen molar-refractivity contribution in [2.75, 3.05) is 17.7 Å². The first kappa shape index (κ1) is 13.3. The van der Waals surface area contributed by atoms with E-state index in [2.05, 4.69) is 42.6 Å². The highest BCUT2D eigenvalue weighted by Gasteiger charge is 2.12. The Bertz CT molecular complexity index is 785. The molecule has 3 aromatic rings. The lowest BCUT2D eigenvalue weighted by atomic mass is 10.2. The van der Waals surface area contributed by atoms with Crippen molar-refractivity contribution in [3.05, 3.63) is 23.3 Å². The standard InChI is InChI=1S/C13H18N8/c1-7-9(8(2)21(4)20-7)5-15-11-10-12(17-6-16-10)19-13(14-3)18-11/h6H,5H2,1-4H3,(H3,14,15,16,17,18,19). The Labute approximate surface area is 122 Å². The van der Waals surface area contributed by atoms with E-state index in [-0.39, 0.29) is 0 Å². The van der Waals surface area contributed by atoms with Crippen molar-refractivity contribution < 1.29 is 0 Å². The average molecular weight is 286 g/mol. The minimum atomic E-state index is 0.539. The van der Waals surface area contributed by atoms with E-state index < -0.39 is 0 Å². The number of H-pyrrole nitrogens is 1. The summed E-state index contributed by atoms with van der Waals surface area (Å²) in [6, 6.07) is 0. The Hall–Kier alpha value is -2.64. The molecule has 0 saturated heterocycles. The van der Waals surface area contributed by atoms with Gasteiger partial charge in [0.05, 0.1) is 12.0 Å². The van der Waals surface area contributed by atoms with Gasteiger partial charge >= 0.3 is 0 Å². The highest BCUT2D eigenvalue weighted by atomic mass is 15.3. The highest BCUT2D eigenvalue weighted by Crippen LogP contribution is 2.20. The zero-order valence-electron chi connectivity index (χ0n) is 12.5. The van der Waals surface area contributed by atoms with E-state index in [9.17, 15) is 0 Å². The number of fused-ring (bicyclic) bond motifs is 1. The molecule has 0 amide bonds. The molecule has 0 aliphatic rings. The fourth-order valence-electron chi connectivity index (χ4n) is 2.32. The molecule has 0 aromatic carbocycles. The van der Waals surface area contributed by atoms with Gasteiger partial charge in [0.2, 0.25) is 5.95 Å². The third-order valence-electron chi connectivity index (χ3n) is 3.60. The summed E-state index contributed by atoms with van der Waals surface area (Å²) in [5.74, 6) is 1.27. The van der Waals surface area contributed by atoms with Crippen molar-refractivity contribution in [2.45, 2.75) is 20.4 Å². The van der Waals surface area contributed by atoms with Crippen molar-refractivity contribution >= 4 is 22.9 Å². The van der Waals surface area contributed by atoms with E-state index in [0.29, 0.717) is 18.1 Å². The van der Waals surface area contributed by atoms with Gasteiger partial charge in [-0.2, -0.15) is 15.1 Å². The molecule has 0 aliphatic heterocycles. The normalized spacial score (nSPS) is 11.0. The monoisotopic (exact) mass is 286 g/mol. The number of rotatable bonds is 4. The quantitative estimate of drug-likeness (QED) is 0.670. The molecular weight excluding hydrogens is 268 g/mol. The number of aromatic amines is 1. The molecule has 3 N–H and O–H groups in total. The van der Waals surface area contributed by atoms with Gasteiger partial charge in [0.15, 0.2) is 11.5 Å². The molecule has 0 radical (unpaired) electrons. The van der Waals surface area contributed by atoms with Gasteiger partial charge < -0.3 is 15.6 Å². The largest absolute Gasteiger partial charge is 0.364 e. The van der Waals surface area contributed by atoms with Crippen molar-refractivity contribution in [3.8, 4) is 0 Å². The maximum absolute atomic E-state index is 4.44. The predicted molar refractivity (Wildman–Crippen MR) is 81.2 cm³/mol. The van der Waals surface area contributed by atoms with Crippen LogP contribution in [0, 0.1) is 13.8 Å². The van der Waals surface area contributed by atoms with Gasteiger partial charge in [-0.25, -0.2) is 4.98 Å². The zero-order valence-corrected chi connectivity index (χ0v) is 12.5. The van der Waals surface area contributed by atoms with Crippen LogP contribution in [0.4, 0.5) is 11.8 Å². The Morgan fingerprint density at radius 2 is 2.10 bits per heavy atom. The summed E-state index contributed by atoms with van der Waals surface area (Å²) in [5, 5.41) is 10.7. The number of hydrogen-bond acceptors (Lipinski definition) is 6. The van der Waals surface area contributed by atoms with Crippen molar-refractivity contribution in [1.82, 2.24) is 29.7 Å². The molecule has 0 unspecified atom stereocenters. The number of anilines is 2. The van der Waals surface area contributed by atoms with Crippen LogP contribution in [0.15, 0.2) is 6.33 Å². The highest BCUT2D eigenvalue weighted by molar-refractivity contribution is 5.83. The third kappa shape index (κ3) is 2.28. The molecule has 0 atom stereocenters. The van der Waals surface area contributed by atoms with Crippen LogP contribution in [0.2, 0.25) is 0 Å². The van der Waals surface area contributed by atoms with E-state index in [0.717, 1.165) is 22.7 Å². The van der Waals surface area contributed by atoms with Crippen LogP contribution in [0.3, 0.4) is 0 Å². The number of imidazole rings is 1. The molecule has 8 nitrogen and oxygen atoms in total. The Morgan fingerprint density at radius 1 is 1.29 bits per heavy atom. The number of hydrogen-bond donors (Lipinski definition) is 3. The maximum atomic E-state index is 4.44. The van der Waals surface area contributed by atoms with Gasteiger partial charge in [-0.15, -0.1) is 0 Å². The van der Waals surface area contributed by atoms with Crippen LogP contribution < -0.4 is 10.6 Å². The minimum absolute atomic E-state index is 0.539. The van der Waals surface area contributed by atoms with Crippen LogP contribution in [-0.2, 0) is 13.6 Å². The number of nitrogens with zero attached hydrogens (tertiary/aromatic N) is 5. The fraction of sp³-hybridized carbons (Fsp3) is 0.385. The fourth-order valence-corrected chi connectivity index (χ4v) is 2.32. The first-order valence-electron chi connectivity index (χ1n) is 6.72. The van der Waals surface area contributed by atoms with E-state index in [4.69, 9.17) is 0 Å². The minimum Gasteiger partial charge on any atom is -0.364 e. The molecule has 110 valence electrons. The van der Waals surface area contributed by atoms with Crippen molar-refractivity contribution in [2.24, 2.45) is 7.05 Å². The molecule has 0 bridgehead atoms. The molecule has 8 heteroatoms. The smallest absolute Gasteiger partial charge is 0.226 e. The van der Waals surface area contributed by atoms with Gasteiger partial charge in [-0.3, -0.25) is 4.68 Å². The third-order valence-corrected chi connectivity index (χ3v) is 3.60. The second-order valence-electron chi connectivity index (χ2n) is 4.87. The number of aromatic nitrogens is 6. The molecular formula is C13H18N8. The van der Waals surface area contributed by atoms with E-state index in [1.54, 1.807) is 13.4 Å². The summed E-state index contributed by atoms with van der Waals surface area (Å²) in [6.07, 6.45) is 1.62. The van der Waals surface area contributed by atoms with Gasteiger partial charge in [-0.1, -0.05) is 0 Å². The summed E-state index contributed by atoms with van der Waals surface area (Å²) in [5.41, 5.74) is 4.77. The predicted octanol–water partition coefficient (Wildman–Crippen LogP) is 1.36. The summed E-state index contributed by atoms with van der Waals surface area (Å²) in [6.45, 7) is 4.72. The van der Waals surface area contributed by atoms with E-state index >= 15 is 0 Å². The molecule has 3 rings (SSSR count). The topological polar surface area (TPSA) is 96.3 Å². The van der Waals surface area contributed by atoms with Crippen LogP contribution in [-0.4, -0.2) is 36.8 Å². The Balaban J connectivity index is 1.92. The van der Waals surface area contributed by atoms with Crippen LogP contribution in [0.5, 0.6) is 0 Å². The summed E-state index contributed by atoms with van der Waals surface area (Å²) >= 11 is 0. The Kier molecular flexibility index (Phi) is 3.20. The maximum Gasteiger partial charge on any atom is 0.226 e. The lowest BCUT2D eigenvalue weighted by molar-refractivity contribution is 0.730. The number of nitrogens with one attached hydrogen (secondary N) is 3. The SMILES string of the molecule is CNc1nc(NCc2c(C)nn(C)c2C)c2[nH]cnc2n1. The summed E-state index contributed by atoms with van der Waals surface area (Å²) in [7, 11) is 3.73. The number of aryl methyl sites for hydroxylation is 2. The average Bonchev–Trinajstić information content (AvgIpc) is 3.03. The van der Waals surface area contributed by atoms with Gasteiger partial charge in [0, 0.05) is 31.9 Å². The lowest BCUT2D eigenvalue weighted by Crippen LogP contribution is -2.07. The lowest BCUT2D eigenvalue weighted by Gasteiger charge is -2.08. The van der Waals surface area contributed by atoms with Crippen LogP contribution in [0.25, 0.3) is 11.2 Å². The van der Waals surface area contributed by atoms with Crippen molar-refractivity contribution in [1.29, 1.82) is 0 Å². The van der Waals surface area contributed by atoms with Gasteiger partial charge in [-0.05, 0) is 13.8 Å². The van der Waals surface area contributed by atoms with Crippen LogP contribution in [0.1, 0.15) is 17.0 Å². The molecule has 0 aliphatic carbocycles. The molecule has 0 spiro atoms. The van der Waals surface area contributed by atoms with Gasteiger partial charge in [0.1, 0.15) is 5.52 Å².